The highest BCUT2D eigenvalue weighted by Gasteiger charge is 2.05. The van der Waals surface area contributed by atoms with Gasteiger partial charge in [-0.3, -0.25) is 4.79 Å². The van der Waals surface area contributed by atoms with E-state index in [4.69, 9.17) is 11.5 Å². The van der Waals surface area contributed by atoms with Crippen molar-refractivity contribution in [1.82, 2.24) is 0 Å². The van der Waals surface area contributed by atoms with Crippen LogP contribution in [0.3, 0.4) is 0 Å². The lowest BCUT2D eigenvalue weighted by Crippen LogP contribution is -2.27. The molecule has 0 aromatic rings. The van der Waals surface area contributed by atoms with Crippen LogP contribution in [0.25, 0.3) is 0 Å². The zero-order valence-corrected chi connectivity index (χ0v) is 10.0. The Labute approximate surface area is 93.6 Å². The molecule has 4 N–H and O–H groups in total. The molecule has 1 amide bonds. The number of carbonyl (C=O) groups is 1. The molecule has 0 saturated heterocycles. The molecule has 15 heavy (non-hydrogen) atoms. The maximum Gasteiger partial charge on any atom is 0.218 e. The van der Waals surface area contributed by atoms with E-state index in [-0.39, 0.29) is 11.9 Å². The Kier molecular flexibility index (Phi) is 9.59. The first-order valence-electron chi connectivity index (χ1n) is 6.20. The van der Waals surface area contributed by atoms with Crippen LogP contribution in [0.1, 0.15) is 64.7 Å². The molecule has 0 aliphatic heterocycles. The molecule has 0 aliphatic rings. The molecule has 0 aliphatic carbocycles. The fraction of sp³-hybridized carbons (Fsp3) is 0.917. The molecule has 0 radical (unpaired) electrons. The van der Waals surface area contributed by atoms with Crippen molar-refractivity contribution in [3.05, 3.63) is 0 Å². The highest BCUT2D eigenvalue weighted by molar-refractivity contribution is 5.74. The van der Waals surface area contributed by atoms with Gasteiger partial charge in [-0.25, -0.2) is 0 Å². The lowest BCUT2D eigenvalue weighted by atomic mass is 10.0. The summed E-state index contributed by atoms with van der Waals surface area (Å²) >= 11 is 0. The molecule has 3 heteroatoms. The topological polar surface area (TPSA) is 69.1 Å². The summed E-state index contributed by atoms with van der Waals surface area (Å²) in [6.45, 7) is 2.23. The zero-order valence-electron chi connectivity index (χ0n) is 10.0. The molecular formula is C12H26N2O. The molecule has 0 fully saturated rings. The smallest absolute Gasteiger partial charge is 0.218 e. The molecular weight excluding hydrogens is 188 g/mol. The van der Waals surface area contributed by atoms with Gasteiger partial charge in [0.15, 0.2) is 0 Å². The minimum Gasteiger partial charge on any atom is -0.370 e. The molecule has 1 atom stereocenters. The SMILES string of the molecule is CCCCCCCCC[C@H](N)CC(N)=O. The van der Waals surface area contributed by atoms with E-state index in [1.165, 1.54) is 38.5 Å². The first-order valence-corrected chi connectivity index (χ1v) is 6.20. The predicted octanol–water partition coefficient (Wildman–Crippen LogP) is 2.33. The second-order valence-corrected chi connectivity index (χ2v) is 4.34. The van der Waals surface area contributed by atoms with Crippen LogP contribution in [-0.4, -0.2) is 11.9 Å². The van der Waals surface area contributed by atoms with Crippen molar-refractivity contribution in [2.45, 2.75) is 70.8 Å². The molecule has 90 valence electrons. The number of unbranched alkanes of at least 4 members (excludes halogenated alkanes) is 6. The summed E-state index contributed by atoms with van der Waals surface area (Å²) < 4.78 is 0. The van der Waals surface area contributed by atoms with Crippen molar-refractivity contribution in [1.29, 1.82) is 0 Å². The summed E-state index contributed by atoms with van der Waals surface area (Å²) in [5, 5.41) is 0. The van der Waals surface area contributed by atoms with E-state index in [0.717, 1.165) is 12.8 Å². The summed E-state index contributed by atoms with van der Waals surface area (Å²) in [5.74, 6) is -0.287. The first kappa shape index (κ1) is 14.4. The van der Waals surface area contributed by atoms with E-state index >= 15 is 0 Å². The highest BCUT2D eigenvalue weighted by atomic mass is 16.1. The Morgan fingerprint density at radius 2 is 1.60 bits per heavy atom. The van der Waals surface area contributed by atoms with Gasteiger partial charge in [0, 0.05) is 12.5 Å². The monoisotopic (exact) mass is 214 g/mol. The summed E-state index contributed by atoms with van der Waals surface area (Å²) in [7, 11) is 0. The van der Waals surface area contributed by atoms with Crippen molar-refractivity contribution in [2.75, 3.05) is 0 Å². The second-order valence-electron chi connectivity index (χ2n) is 4.34. The minimum atomic E-state index is -0.287. The van der Waals surface area contributed by atoms with Gasteiger partial charge < -0.3 is 11.5 Å². The van der Waals surface area contributed by atoms with E-state index in [1.54, 1.807) is 0 Å². The third kappa shape index (κ3) is 11.4. The third-order valence-electron chi connectivity index (χ3n) is 2.64. The van der Waals surface area contributed by atoms with Crippen LogP contribution in [0.4, 0.5) is 0 Å². The second kappa shape index (κ2) is 9.97. The van der Waals surface area contributed by atoms with Gasteiger partial charge in [-0.05, 0) is 6.42 Å². The molecule has 0 saturated carbocycles. The molecule has 0 bridgehead atoms. The van der Waals surface area contributed by atoms with Gasteiger partial charge in [-0.2, -0.15) is 0 Å². The average molecular weight is 214 g/mol. The Hall–Kier alpha value is -0.570. The van der Waals surface area contributed by atoms with E-state index in [2.05, 4.69) is 6.92 Å². The maximum atomic E-state index is 10.6. The van der Waals surface area contributed by atoms with Gasteiger partial charge >= 0.3 is 0 Å². The van der Waals surface area contributed by atoms with E-state index < -0.39 is 0 Å². The predicted molar refractivity (Wildman–Crippen MR) is 64.4 cm³/mol. The Bertz CT molecular complexity index is 160. The maximum absolute atomic E-state index is 10.6. The standard InChI is InChI=1S/C12H26N2O/c1-2-3-4-5-6-7-8-9-11(13)10-12(14)15/h11H,2-10,13H2,1H3,(H2,14,15)/t11-/m0/s1. The van der Waals surface area contributed by atoms with E-state index in [0.29, 0.717) is 6.42 Å². The molecule has 0 spiro atoms. The highest BCUT2D eigenvalue weighted by Crippen LogP contribution is 2.09. The number of amides is 1. The van der Waals surface area contributed by atoms with Gasteiger partial charge in [0.2, 0.25) is 5.91 Å². The van der Waals surface area contributed by atoms with Crippen molar-refractivity contribution in [3.63, 3.8) is 0 Å². The van der Waals surface area contributed by atoms with Gasteiger partial charge in [0.25, 0.3) is 0 Å². The molecule has 0 unspecified atom stereocenters. The Balaban J connectivity index is 3.13. The normalized spacial score (nSPS) is 12.7. The average Bonchev–Trinajstić information content (AvgIpc) is 2.15. The molecule has 3 nitrogen and oxygen atoms in total. The molecule has 0 heterocycles. The van der Waals surface area contributed by atoms with Crippen LogP contribution >= 0.6 is 0 Å². The fourth-order valence-corrected chi connectivity index (χ4v) is 1.72. The number of primary amides is 1. The van der Waals surface area contributed by atoms with Crippen LogP contribution in [0, 0.1) is 0 Å². The Morgan fingerprint density at radius 3 is 2.13 bits per heavy atom. The number of nitrogens with two attached hydrogens (primary N) is 2. The fourth-order valence-electron chi connectivity index (χ4n) is 1.72. The van der Waals surface area contributed by atoms with E-state index in [9.17, 15) is 4.79 Å². The minimum absolute atomic E-state index is 0.0295. The summed E-state index contributed by atoms with van der Waals surface area (Å²) in [6, 6.07) is -0.0295. The van der Waals surface area contributed by atoms with E-state index in [1.807, 2.05) is 0 Å². The van der Waals surface area contributed by atoms with Crippen molar-refractivity contribution in [3.8, 4) is 0 Å². The van der Waals surface area contributed by atoms with Gasteiger partial charge in [-0.1, -0.05) is 51.9 Å². The number of hydrogen-bond donors (Lipinski definition) is 2. The quantitative estimate of drug-likeness (QED) is 0.548. The number of carbonyl (C=O) groups excluding carboxylic acids is 1. The van der Waals surface area contributed by atoms with Crippen LogP contribution in [0.15, 0.2) is 0 Å². The Morgan fingerprint density at radius 1 is 1.07 bits per heavy atom. The zero-order chi connectivity index (χ0) is 11.5. The van der Waals surface area contributed by atoms with Crippen molar-refractivity contribution < 1.29 is 4.79 Å². The first-order chi connectivity index (χ1) is 7.16. The van der Waals surface area contributed by atoms with Crippen LogP contribution < -0.4 is 11.5 Å². The largest absolute Gasteiger partial charge is 0.370 e. The summed E-state index contributed by atoms with van der Waals surface area (Å²) in [6.07, 6.45) is 10.2. The molecule has 0 aromatic heterocycles. The van der Waals surface area contributed by atoms with Gasteiger partial charge in [0.05, 0.1) is 0 Å². The summed E-state index contributed by atoms with van der Waals surface area (Å²) in [4.78, 5) is 10.6. The van der Waals surface area contributed by atoms with Gasteiger partial charge in [0.1, 0.15) is 0 Å². The third-order valence-corrected chi connectivity index (χ3v) is 2.64. The van der Waals surface area contributed by atoms with Gasteiger partial charge in [-0.15, -0.1) is 0 Å². The van der Waals surface area contributed by atoms with Crippen LogP contribution in [0.5, 0.6) is 0 Å². The van der Waals surface area contributed by atoms with Crippen LogP contribution in [0.2, 0.25) is 0 Å². The van der Waals surface area contributed by atoms with Crippen molar-refractivity contribution in [2.24, 2.45) is 11.5 Å². The van der Waals surface area contributed by atoms with Crippen molar-refractivity contribution >= 4 is 5.91 Å². The summed E-state index contributed by atoms with van der Waals surface area (Å²) in [5.41, 5.74) is 10.8. The molecule has 0 aromatic carbocycles. The lowest BCUT2D eigenvalue weighted by Gasteiger charge is -2.08. The number of hydrogen-bond acceptors (Lipinski definition) is 2. The molecule has 0 rings (SSSR count). The lowest BCUT2D eigenvalue weighted by molar-refractivity contribution is -0.118. The number of rotatable bonds is 10. The van der Waals surface area contributed by atoms with Crippen LogP contribution in [-0.2, 0) is 4.79 Å².